The molecule has 4 rings (SSSR count). The number of nitrogens with zero attached hydrogens (tertiary/aromatic N) is 3. The third-order valence-corrected chi connectivity index (χ3v) is 6.93. The molecule has 0 spiro atoms. The lowest BCUT2D eigenvalue weighted by atomic mass is 9.94. The second-order valence-corrected chi connectivity index (χ2v) is 9.75. The number of amides is 1. The Morgan fingerprint density at radius 2 is 1.92 bits per heavy atom. The van der Waals surface area contributed by atoms with E-state index >= 15 is 0 Å². The van der Waals surface area contributed by atoms with Crippen LogP contribution in [0.3, 0.4) is 0 Å². The van der Waals surface area contributed by atoms with Crippen molar-refractivity contribution in [3.8, 4) is 16.8 Å². The smallest absolute Gasteiger partial charge is 0.326 e. The lowest BCUT2D eigenvalue weighted by Gasteiger charge is -2.18. The lowest BCUT2D eigenvalue weighted by Crippen LogP contribution is -2.41. The van der Waals surface area contributed by atoms with Crippen LogP contribution in [0.5, 0.6) is 0 Å². The number of aryl methyl sites for hydroxylation is 1. The predicted molar refractivity (Wildman–Crippen MR) is 147 cm³/mol. The summed E-state index contributed by atoms with van der Waals surface area (Å²) in [5.74, 6) is -0.983. The second kappa shape index (κ2) is 11.1. The predicted octanol–water partition coefficient (Wildman–Crippen LogP) is 5.13. The third kappa shape index (κ3) is 5.47. The topological polar surface area (TPSA) is 127 Å². The van der Waals surface area contributed by atoms with Gasteiger partial charge in [0, 0.05) is 23.4 Å². The molecule has 3 aromatic carbocycles. The van der Waals surface area contributed by atoms with Crippen molar-refractivity contribution in [2.75, 3.05) is 12.0 Å². The molecule has 1 aromatic heterocycles. The largest absolute Gasteiger partial charge is 0.480 e. The number of aromatic nitrogens is 2. The highest BCUT2D eigenvalue weighted by molar-refractivity contribution is 7.98. The molecule has 0 saturated heterocycles. The van der Waals surface area contributed by atoms with Crippen LogP contribution in [0.1, 0.15) is 22.3 Å². The number of benzene rings is 3. The standard InChI is InChI=1S/C26H24N4O5S2/c1-15-5-3-4-6-18(15)20-13-16(7-9-19(20)24(31)27-21(25(32)33)11-12-37-2)29-23-10-8-17(30(34)35)14-22(23)28-26(29)36/h3-10,13-14,21H,11-12H2,1-2H3,(H,27,31)(H,28,36)(H,32,33)/t21-/m0/s1. The number of carboxylic acid groups (broad SMARTS) is 1. The highest BCUT2D eigenvalue weighted by Crippen LogP contribution is 2.32. The Bertz CT molecular complexity index is 1520. The fourth-order valence-electron chi connectivity index (χ4n) is 4.12. The summed E-state index contributed by atoms with van der Waals surface area (Å²) >= 11 is 6.01. The minimum absolute atomic E-state index is 0.0763. The Morgan fingerprint density at radius 3 is 2.59 bits per heavy atom. The van der Waals surface area contributed by atoms with E-state index in [9.17, 15) is 24.8 Å². The van der Waals surface area contributed by atoms with E-state index in [4.69, 9.17) is 0 Å². The molecule has 190 valence electrons. The molecule has 0 bridgehead atoms. The normalized spacial score (nSPS) is 11.9. The van der Waals surface area contributed by atoms with Crippen LogP contribution in [-0.4, -0.2) is 49.5 Å². The zero-order valence-electron chi connectivity index (χ0n) is 20.0. The van der Waals surface area contributed by atoms with E-state index < -0.39 is 22.8 Å². The summed E-state index contributed by atoms with van der Waals surface area (Å²) < 4.78 is 1.74. The number of hydrogen-bond donors (Lipinski definition) is 3. The van der Waals surface area contributed by atoms with Crippen molar-refractivity contribution in [2.45, 2.75) is 24.5 Å². The Kier molecular flexibility index (Phi) is 7.84. The minimum Gasteiger partial charge on any atom is -0.480 e. The summed E-state index contributed by atoms with van der Waals surface area (Å²) in [5, 5.41) is 23.8. The molecule has 0 aliphatic heterocycles. The number of carbonyl (C=O) groups excluding carboxylic acids is 1. The molecule has 11 heteroatoms. The molecular weight excluding hydrogens is 512 g/mol. The molecule has 0 aliphatic rings. The average molecular weight is 537 g/mol. The van der Waals surface area contributed by atoms with Gasteiger partial charge >= 0.3 is 5.97 Å². The molecule has 4 aromatic rings. The summed E-state index contributed by atoms with van der Waals surface area (Å²) in [6, 6.07) is 16.1. The number of rotatable bonds is 9. The molecule has 1 heterocycles. The van der Waals surface area contributed by atoms with Crippen LogP contribution in [0.25, 0.3) is 27.8 Å². The molecule has 37 heavy (non-hydrogen) atoms. The number of fused-ring (bicyclic) bond motifs is 1. The summed E-state index contributed by atoms with van der Waals surface area (Å²) in [7, 11) is 0. The van der Waals surface area contributed by atoms with E-state index in [2.05, 4.69) is 22.9 Å². The maximum absolute atomic E-state index is 13.3. The van der Waals surface area contributed by atoms with Crippen molar-refractivity contribution in [3.63, 3.8) is 0 Å². The number of non-ortho nitro benzene ring substituents is 1. The summed E-state index contributed by atoms with van der Waals surface area (Å²) in [5.41, 5.74) is 4.28. The highest BCUT2D eigenvalue weighted by atomic mass is 32.2. The molecule has 1 amide bonds. The van der Waals surface area contributed by atoms with Gasteiger partial charge in [-0.2, -0.15) is 11.8 Å². The van der Waals surface area contributed by atoms with Crippen molar-refractivity contribution < 1.29 is 19.6 Å². The number of carbonyl (C=O) groups is 2. The van der Waals surface area contributed by atoms with E-state index in [-0.39, 0.29) is 5.69 Å². The highest BCUT2D eigenvalue weighted by Gasteiger charge is 2.23. The molecule has 0 fully saturated rings. The first-order valence-electron chi connectivity index (χ1n) is 11.3. The van der Waals surface area contributed by atoms with Crippen LogP contribution in [-0.2, 0) is 4.79 Å². The van der Waals surface area contributed by atoms with Gasteiger partial charge in [-0.25, -0.2) is 9.78 Å². The Labute approximate surface area is 222 Å². The third-order valence-electron chi connectivity index (χ3n) is 5.99. The number of aliphatic carboxylic acids is 1. The summed E-state index contributed by atoms with van der Waals surface area (Å²) in [6.07, 6.45) is 2.18. The van der Waals surface area contributed by atoms with Crippen LogP contribution >= 0.6 is 24.4 Å². The minimum atomic E-state index is -1.09. The fraction of sp³-hybridized carbons (Fsp3) is 0.192. The van der Waals surface area contributed by atoms with E-state index in [1.54, 1.807) is 22.8 Å². The van der Waals surface area contributed by atoms with Gasteiger partial charge in [0.1, 0.15) is 6.04 Å². The van der Waals surface area contributed by atoms with Gasteiger partial charge in [-0.05, 0) is 66.3 Å². The fourth-order valence-corrected chi connectivity index (χ4v) is 4.92. The number of hydrogen-bond acceptors (Lipinski definition) is 7. The zero-order valence-corrected chi connectivity index (χ0v) is 21.8. The van der Waals surface area contributed by atoms with Crippen LogP contribution in [0, 0.1) is 17.0 Å². The number of imidazole rings is 1. The summed E-state index contributed by atoms with van der Waals surface area (Å²) in [6.45, 7) is 1.93. The quantitative estimate of drug-likeness (QED) is 0.154. The number of carboxylic acids is 1. The number of thiol groups is 1. The molecule has 2 N–H and O–H groups in total. The van der Waals surface area contributed by atoms with Crippen molar-refractivity contribution in [3.05, 3.63) is 81.9 Å². The molecule has 0 radical (unpaired) electrons. The molecule has 0 saturated carbocycles. The first kappa shape index (κ1) is 26.2. The maximum atomic E-state index is 13.3. The van der Waals surface area contributed by atoms with Gasteiger partial charge < -0.3 is 10.4 Å². The van der Waals surface area contributed by atoms with Gasteiger partial charge in [0.15, 0.2) is 5.16 Å². The lowest BCUT2D eigenvalue weighted by molar-refractivity contribution is -0.384. The van der Waals surface area contributed by atoms with Gasteiger partial charge in [-0.15, -0.1) is 12.6 Å². The Balaban J connectivity index is 1.84. The van der Waals surface area contributed by atoms with E-state index in [0.717, 1.165) is 11.1 Å². The molecule has 0 aliphatic carbocycles. The Morgan fingerprint density at radius 1 is 1.16 bits per heavy atom. The van der Waals surface area contributed by atoms with E-state index in [0.29, 0.717) is 45.2 Å². The van der Waals surface area contributed by atoms with Crippen molar-refractivity contribution >= 4 is 53.0 Å². The van der Waals surface area contributed by atoms with Gasteiger partial charge in [0.25, 0.3) is 11.6 Å². The monoisotopic (exact) mass is 536 g/mol. The van der Waals surface area contributed by atoms with Gasteiger partial charge in [-0.1, -0.05) is 24.3 Å². The number of nitrogens with one attached hydrogen (secondary N) is 1. The van der Waals surface area contributed by atoms with Gasteiger partial charge in [-0.3, -0.25) is 19.5 Å². The summed E-state index contributed by atoms with van der Waals surface area (Å²) in [4.78, 5) is 40.1. The SMILES string of the molecule is CSCC[C@H](NC(=O)c1ccc(-n2c(S)nc3cc([N+](=O)[O-])ccc32)cc1-c1ccccc1C)C(=O)O. The zero-order chi connectivity index (χ0) is 26.7. The number of thioether (sulfide) groups is 1. The van der Waals surface area contributed by atoms with E-state index in [1.165, 1.54) is 23.9 Å². The maximum Gasteiger partial charge on any atom is 0.326 e. The molecular formula is C26H24N4O5S2. The van der Waals surface area contributed by atoms with Crippen LogP contribution in [0.2, 0.25) is 0 Å². The first-order valence-corrected chi connectivity index (χ1v) is 13.1. The van der Waals surface area contributed by atoms with Crippen molar-refractivity contribution in [2.24, 2.45) is 0 Å². The van der Waals surface area contributed by atoms with Crippen LogP contribution in [0.15, 0.2) is 65.8 Å². The van der Waals surface area contributed by atoms with Crippen LogP contribution in [0.4, 0.5) is 5.69 Å². The molecule has 1 atom stereocenters. The van der Waals surface area contributed by atoms with Crippen LogP contribution < -0.4 is 5.32 Å². The number of nitro groups is 1. The molecule has 9 nitrogen and oxygen atoms in total. The van der Waals surface area contributed by atoms with Gasteiger partial charge in [0.05, 0.1) is 16.0 Å². The molecule has 0 unspecified atom stereocenters. The Hall–Kier alpha value is -3.83. The number of nitro benzene ring substituents is 1. The second-order valence-electron chi connectivity index (χ2n) is 8.37. The van der Waals surface area contributed by atoms with Gasteiger partial charge in [0.2, 0.25) is 0 Å². The first-order chi connectivity index (χ1) is 17.7. The average Bonchev–Trinajstić information content (AvgIpc) is 3.21. The van der Waals surface area contributed by atoms with Crippen molar-refractivity contribution in [1.29, 1.82) is 0 Å². The van der Waals surface area contributed by atoms with Crippen molar-refractivity contribution in [1.82, 2.24) is 14.9 Å². The van der Waals surface area contributed by atoms with E-state index in [1.807, 2.05) is 43.5 Å².